The van der Waals surface area contributed by atoms with Gasteiger partial charge >= 0.3 is 6.18 Å². The van der Waals surface area contributed by atoms with Crippen LogP contribution in [0.25, 0.3) is 0 Å². The maximum atomic E-state index is 13.2. The molecule has 0 aliphatic heterocycles. The predicted octanol–water partition coefficient (Wildman–Crippen LogP) is 3.66. The fourth-order valence-corrected chi connectivity index (χ4v) is 2.22. The Kier molecular flexibility index (Phi) is 6.29. The van der Waals surface area contributed by atoms with Gasteiger partial charge in [-0.05, 0) is 35.9 Å². The number of amides is 1. The third-order valence-electron chi connectivity index (χ3n) is 3.70. The van der Waals surface area contributed by atoms with Crippen molar-refractivity contribution < 1.29 is 22.7 Å². The molecule has 0 saturated carbocycles. The van der Waals surface area contributed by atoms with Crippen LogP contribution in [0.3, 0.4) is 0 Å². The number of carbonyl (C=O) groups is 1. The van der Waals surface area contributed by atoms with Crippen LogP contribution in [0.1, 0.15) is 16.7 Å². The summed E-state index contributed by atoms with van der Waals surface area (Å²) in [6.07, 6.45) is -4.58. The molecule has 0 unspecified atom stereocenters. The summed E-state index contributed by atoms with van der Waals surface area (Å²) in [5.41, 5.74) is -0.391. The lowest BCUT2D eigenvalue weighted by molar-refractivity contribution is -0.137. The van der Waals surface area contributed by atoms with Crippen molar-refractivity contribution in [3.8, 4) is 11.8 Å². The Morgan fingerprint density at radius 1 is 1.22 bits per heavy atom. The highest BCUT2D eigenvalue weighted by Crippen LogP contribution is 2.35. The van der Waals surface area contributed by atoms with Crippen LogP contribution in [-0.2, 0) is 17.5 Å². The quantitative estimate of drug-likeness (QED) is 0.835. The highest BCUT2D eigenvalue weighted by molar-refractivity contribution is 5.77. The summed E-state index contributed by atoms with van der Waals surface area (Å²) in [6, 6.07) is 11.8. The van der Waals surface area contributed by atoms with Gasteiger partial charge in [-0.3, -0.25) is 4.79 Å². The smallest absolute Gasteiger partial charge is 0.418 e. The van der Waals surface area contributed by atoms with Crippen LogP contribution in [0.5, 0.6) is 5.75 Å². The standard InChI is InChI=1S/C19H18F3N3O2/c1-25(2)18(26)12-27-15-5-3-4-14(8-15)11-24-17-7-6-13(10-23)9-16(17)19(20,21)22/h3-9,24H,11-12H2,1-2H3. The average molecular weight is 377 g/mol. The molecule has 0 spiro atoms. The Labute approximate surface area is 155 Å². The second-order valence-corrected chi connectivity index (χ2v) is 5.95. The molecular formula is C19H18F3N3O2. The fourth-order valence-electron chi connectivity index (χ4n) is 2.22. The number of nitrogens with zero attached hydrogens (tertiary/aromatic N) is 2. The number of halogens is 3. The minimum Gasteiger partial charge on any atom is -0.484 e. The Morgan fingerprint density at radius 2 is 1.96 bits per heavy atom. The van der Waals surface area contributed by atoms with Crippen molar-refractivity contribution in [2.75, 3.05) is 26.0 Å². The summed E-state index contributed by atoms with van der Waals surface area (Å²) in [7, 11) is 3.23. The van der Waals surface area contributed by atoms with E-state index in [1.165, 1.54) is 17.0 Å². The summed E-state index contributed by atoms with van der Waals surface area (Å²) in [6.45, 7) is -0.00840. The third kappa shape index (κ3) is 5.64. The number of hydrogen-bond donors (Lipinski definition) is 1. The number of benzene rings is 2. The first-order valence-electron chi connectivity index (χ1n) is 7.98. The van der Waals surface area contributed by atoms with Gasteiger partial charge in [-0.1, -0.05) is 12.1 Å². The maximum absolute atomic E-state index is 13.2. The number of carbonyl (C=O) groups excluding carboxylic acids is 1. The molecule has 27 heavy (non-hydrogen) atoms. The van der Waals surface area contributed by atoms with Crippen LogP contribution in [0, 0.1) is 11.3 Å². The lowest BCUT2D eigenvalue weighted by Gasteiger charge is -2.15. The van der Waals surface area contributed by atoms with Crippen LogP contribution >= 0.6 is 0 Å². The lowest BCUT2D eigenvalue weighted by Crippen LogP contribution is -2.27. The summed E-state index contributed by atoms with van der Waals surface area (Å²) in [4.78, 5) is 13.0. The number of nitrogens with one attached hydrogen (secondary N) is 1. The highest BCUT2D eigenvalue weighted by Gasteiger charge is 2.33. The Morgan fingerprint density at radius 3 is 2.59 bits per heavy atom. The number of hydrogen-bond acceptors (Lipinski definition) is 4. The number of alkyl halides is 3. The summed E-state index contributed by atoms with van der Waals surface area (Å²) < 4.78 is 45.0. The van der Waals surface area contributed by atoms with Gasteiger partial charge in [0.25, 0.3) is 5.91 Å². The molecule has 0 aromatic heterocycles. The van der Waals surface area contributed by atoms with E-state index in [2.05, 4.69) is 5.32 Å². The Hall–Kier alpha value is -3.21. The van der Waals surface area contributed by atoms with E-state index < -0.39 is 11.7 Å². The normalized spacial score (nSPS) is 10.8. The first-order valence-corrected chi connectivity index (χ1v) is 7.98. The summed E-state index contributed by atoms with van der Waals surface area (Å²) in [5, 5.41) is 11.5. The number of rotatable bonds is 6. The monoisotopic (exact) mass is 377 g/mol. The Bertz CT molecular complexity index is 858. The van der Waals surface area contributed by atoms with Crippen LogP contribution in [0.2, 0.25) is 0 Å². The molecule has 142 valence electrons. The van der Waals surface area contributed by atoms with E-state index in [0.29, 0.717) is 11.3 Å². The zero-order valence-electron chi connectivity index (χ0n) is 14.8. The Balaban J connectivity index is 2.10. The minimum absolute atomic E-state index is 0.0613. The van der Waals surface area contributed by atoms with E-state index in [1.807, 2.05) is 0 Å². The lowest BCUT2D eigenvalue weighted by atomic mass is 10.1. The van der Waals surface area contributed by atoms with Gasteiger partial charge in [0.2, 0.25) is 0 Å². The molecule has 2 rings (SSSR count). The summed E-state index contributed by atoms with van der Waals surface area (Å²) in [5.74, 6) is 0.242. The molecule has 1 amide bonds. The zero-order chi connectivity index (χ0) is 20.0. The second kappa shape index (κ2) is 8.45. The van der Waals surface area contributed by atoms with Gasteiger partial charge in [0, 0.05) is 26.3 Å². The molecule has 0 radical (unpaired) electrons. The van der Waals surface area contributed by atoms with Crippen LogP contribution in [0.15, 0.2) is 42.5 Å². The van der Waals surface area contributed by atoms with E-state index in [1.54, 1.807) is 44.4 Å². The van der Waals surface area contributed by atoms with Crippen LogP contribution in [-0.4, -0.2) is 31.5 Å². The van der Waals surface area contributed by atoms with E-state index in [9.17, 15) is 18.0 Å². The molecule has 0 aliphatic rings. The van der Waals surface area contributed by atoms with Gasteiger partial charge in [-0.15, -0.1) is 0 Å². The van der Waals surface area contributed by atoms with Gasteiger partial charge in [0.1, 0.15) is 5.75 Å². The number of likely N-dealkylation sites (N-methyl/N-ethyl adjacent to an activating group) is 1. The molecule has 8 heteroatoms. The third-order valence-corrected chi connectivity index (χ3v) is 3.70. The van der Waals surface area contributed by atoms with Crippen molar-refractivity contribution >= 4 is 11.6 Å². The van der Waals surface area contributed by atoms with Crippen molar-refractivity contribution in [3.05, 3.63) is 59.2 Å². The summed E-state index contributed by atoms with van der Waals surface area (Å²) >= 11 is 0. The molecule has 0 aliphatic carbocycles. The van der Waals surface area contributed by atoms with Crippen molar-refractivity contribution in [2.24, 2.45) is 0 Å². The molecule has 0 atom stereocenters. The van der Waals surface area contributed by atoms with Gasteiger partial charge in [-0.25, -0.2) is 0 Å². The van der Waals surface area contributed by atoms with Crippen molar-refractivity contribution in [2.45, 2.75) is 12.7 Å². The van der Waals surface area contributed by atoms with Crippen LogP contribution < -0.4 is 10.1 Å². The number of ether oxygens (including phenoxy) is 1. The molecule has 0 heterocycles. The molecule has 1 N–H and O–H groups in total. The second-order valence-electron chi connectivity index (χ2n) is 5.95. The maximum Gasteiger partial charge on any atom is 0.418 e. The van der Waals surface area contributed by atoms with Gasteiger partial charge in [0.15, 0.2) is 6.61 Å². The largest absolute Gasteiger partial charge is 0.484 e. The fraction of sp³-hybridized carbons (Fsp3) is 0.263. The average Bonchev–Trinajstić information content (AvgIpc) is 2.63. The SMILES string of the molecule is CN(C)C(=O)COc1cccc(CNc2ccc(C#N)cc2C(F)(F)F)c1. The molecule has 2 aromatic rings. The van der Waals surface area contributed by atoms with E-state index in [-0.39, 0.29) is 30.3 Å². The highest BCUT2D eigenvalue weighted by atomic mass is 19.4. The van der Waals surface area contributed by atoms with Gasteiger partial charge in [0.05, 0.1) is 17.2 Å². The van der Waals surface area contributed by atoms with Crippen molar-refractivity contribution in [1.29, 1.82) is 5.26 Å². The number of nitriles is 1. The van der Waals surface area contributed by atoms with E-state index >= 15 is 0 Å². The van der Waals surface area contributed by atoms with Crippen molar-refractivity contribution in [1.82, 2.24) is 4.90 Å². The predicted molar refractivity (Wildman–Crippen MR) is 94.1 cm³/mol. The zero-order valence-corrected chi connectivity index (χ0v) is 14.8. The molecule has 0 bridgehead atoms. The van der Waals surface area contributed by atoms with Crippen molar-refractivity contribution in [3.63, 3.8) is 0 Å². The first-order chi connectivity index (χ1) is 12.7. The van der Waals surface area contributed by atoms with Gasteiger partial charge in [-0.2, -0.15) is 18.4 Å². The molecule has 0 fully saturated rings. The van der Waals surface area contributed by atoms with Gasteiger partial charge < -0.3 is 15.0 Å². The molecule has 5 nitrogen and oxygen atoms in total. The van der Waals surface area contributed by atoms with E-state index in [4.69, 9.17) is 10.00 Å². The van der Waals surface area contributed by atoms with E-state index in [0.717, 1.165) is 6.07 Å². The first kappa shape index (κ1) is 20.1. The topological polar surface area (TPSA) is 65.4 Å². The minimum atomic E-state index is -4.58. The number of anilines is 1. The molecule has 0 saturated heterocycles. The molecular weight excluding hydrogens is 359 g/mol. The van der Waals surface area contributed by atoms with Crippen LogP contribution in [0.4, 0.5) is 18.9 Å². The molecule has 2 aromatic carbocycles.